The maximum atomic E-state index is 13.1. The highest BCUT2D eigenvalue weighted by molar-refractivity contribution is 6.04. The van der Waals surface area contributed by atoms with Crippen molar-refractivity contribution < 1.29 is 14.0 Å². The molecule has 1 aliphatic rings. The number of para-hydroxylation sites is 1. The molecule has 6 nitrogen and oxygen atoms in total. The van der Waals surface area contributed by atoms with Crippen molar-refractivity contribution in [2.45, 2.75) is 6.42 Å². The molecule has 0 radical (unpaired) electrons. The molecule has 2 heterocycles. The van der Waals surface area contributed by atoms with Gasteiger partial charge in [-0.1, -0.05) is 78.9 Å². The maximum Gasteiger partial charge on any atom is 0.232 e. The Morgan fingerprint density at radius 1 is 0.912 bits per heavy atom. The number of anilines is 2. The summed E-state index contributed by atoms with van der Waals surface area (Å²) in [5, 5.41) is 12.8. The van der Waals surface area contributed by atoms with Crippen molar-refractivity contribution in [3.8, 4) is 28.5 Å². The van der Waals surface area contributed by atoms with Crippen LogP contribution in [0, 0.1) is 17.2 Å². The largest absolute Gasteiger partial charge is 0.438 e. The number of hydrogen-bond acceptors (Lipinski definition) is 4. The monoisotopic (exact) mass is 447 g/mol. The second-order valence-electron chi connectivity index (χ2n) is 8.08. The second kappa shape index (κ2) is 9.08. The molecule has 1 aliphatic heterocycles. The van der Waals surface area contributed by atoms with E-state index in [-0.39, 0.29) is 36.2 Å². The number of furan rings is 1. The van der Waals surface area contributed by atoms with Gasteiger partial charge >= 0.3 is 0 Å². The lowest BCUT2D eigenvalue weighted by molar-refractivity contribution is -0.122. The van der Waals surface area contributed by atoms with Crippen molar-refractivity contribution in [2.75, 3.05) is 16.8 Å². The number of benzene rings is 3. The van der Waals surface area contributed by atoms with Gasteiger partial charge in [0.1, 0.15) is 17.4 Å². The number of nitriles is 1. The van der Waals surface area contributed by atoms with Crippen LogP contribution < -0.4 is 10.2 Å². The molecule has 34 heavy (non-hydrogen) atoms. The fraction of sp³-hybridized carbons (Fsp3) is 0.107. The number of nitrogens with one attached hydrogen (secondary N) is 1. The van der Waals surface area contributed by atoms with E-state index in [0.29, 0.717) is 11.3 Å². The van der Waals surface area contributed by atoms with E-state index in [9.17, 15) is 14.9 Å². The first kappa shape index (κ1) is 21.2. The molecule has 1 N–H and O–H groups in total. The highest BCUT2D eigenvalue weighted by Crippen LogP contribution is 2.41. The van der Waals surface area contributed by atoms with E-state index >= 15 is 0 Å². The molecular formula is C28H21N3O3. The number of carbonyl (C=O) groups excluding carboxylic acids is 2. The molecule has 1 atom stereocenters. The SMILES string of the molecule is N#Cc1c(NC(=O)[C@H]2CC(=O)N(c3ccccc3)C2)oc(-c2ccccc2)c1-c1ccccc1. The summed E-state index contributed by atoms with van der Waals surface area (Å²) in [6, 6.07) is 30.4. The lowest BCUT2D eigenvalue weighted by Gasteiger charge is -2.16. The third kappa shape index (κ3) is 3.96. The molecule has 0 spiro atoms. The number of amides is 2. The summed E-state index contributed by atoms with van der Waals surface area (Å²) in [6.45, 7) is 0.272. The van der Waals surface area contributed by atoms with Crippen LogP contribution in [-0.4, -0.2) is 18.4 Å². The average molecular weight is 447 g/mol. The zero-order valence-electron chi connectivity index (χ0n) is 18.3. The molecule has 166 valence electrons. The molecule has 6 heteroatoms. The van der Waals surface area contributed by atoms with Crippen LogP contribution >= 0.6 is 0 Å². The first-order valence-corrected chi connectivity index (χ1v) is 11.0. The van der Waals surface area contributed by atoms with Crippen molar-refractivity contribution in [3.63, 3.8) is 0 Å². The van der Waals surface area contributed by atoms with Gasteiger partial charge in [-0.2, -0.15) is 5.26 Å². The second-order valence-corrected chi connectivity index (χ2v) is 8.08. The summed E-state index contributed by atoms with van der Waals surface area (Å²) in [7, 11) is 0. The predicted molar refractivity (Wildman–Crippen MR) is 130 cm³/mol. The molecule has 0 aliphatic carbocycles. The topological polar surface area (TPSA) is 86.3 Å². The minimum absolute atomic E-state index is 0.0933. The number of nitrogens with zero attached hydrogens (tertiary/aromatic N) is 2. The number of hydrogen-bond donors (Lipinski definition) is 1. The summed E-state index contributed by atoms with van der Waals surface area (Å²) in [5.74, 6) is -0.412. The van der Waals surface area contributed by atoms with E-state index in [4.69, 9.17) is 4.42 Å². The quantitative estimate of drug-likeness (QED) is 0.439. The van der Waals surface area contributed by atoms with Gasteiger partial charge in [-0.3, -0.25) is 14.9 Å². The van der Waals surface area contributed by atoms with Crippen LogP contribution in [0.5, 0.6) is 0 Å². The van der Waals surface area contributed by atoms with Crippen LogP contribution in [0.25, 0.3) is 22.5 Å². The lowest BCUT2D eigenvalue weighted by Crippen LogP contribution is -2.28. The van der Waals surface area contributed by atoms with Crippen LogP contribution in [0.4, 0.5) is 11.6 Å². The summed E-state index contributed by atoms with van der Waals surface area (Å²) >= 11 is 0. The number of rotatable bonds is 5. The first-order chi connectivity index (χ1) is 16.7. The Kier molecular flexibility index (Phi) is 5.67. The minimum atomic E-state index is -0.551. The van der Waals surface area contributed by atoms with E-state index in [0.717, 1.165) is 16.8 Å². The lowest BCUT2D eigenvalue weighted by atomic mass is 9.98. The first-order valence-electron chi connectivity index (χ1n) is 11.0. The third-order valence-corrected chi connectivity index (χ3v) is 5.92. The van der Waals surface area contributed by atoms with Gasteiger partial charge < -0.3 is 9.32 Å². The molecule has 1 aromatic heterocycles. The Balaban J connectivity index is 1.48. The zero-order valence-corrected chi connectivity index (χ0v) is 18.3. The summed E-state index contributed by atoms with van der Waals surface area (Å²) in [5.41, 5.74) is 3.25. The summed E-state index contributed by atoms with van der Waals surface area (Å²) in [6.07, 6.45) is 0.0976. The van der Waals surface area contributed by atoms with Gasteiger partial charge in [0.15, 0.2) is 0 Å². The number of carbonyl (C=O) groups is 2. The van der Waals surface area contributed by atoms with Crippen molar-refractivity contribution >= 4 is 23.4 Å². The molecule has 1 saturated heterocycles. The Morgan fingerprint density at radius 2 is 1.50 bits per heavy atom. The highest BCUT2D eigenvalue weighted by Gasteiger charge is 2.36. The Labute approximate surface area is 197 Å². The molecule has 0 unspecified atom stereocenters. The van der Waals surface area contributed by atoms with E-state index in [2.05, 4.69) is 11.4 Å². The fourth-order valence-electron chi connectivity index (χ4n) is 4.25. The third-order valence-electron chi connectivity index (χ3n) is 5.92. The molecule has 1 fully saturated rings. The molecule has 3 aromatic carbocycles. The molecular weight excluding hydrogens is 426 g/mol. The Hall–Kier alpha value is -4.63. The van der Waals surface area contributed by atoms with Gasteiger partial charge in [0.2, 0.25) is 17.7 Å². The van der Waals surface area contributed by atoms with Crippen molar-refractivity contribution in [1.82, 2.24) is 0 Å². The summed E-state index contributed by atoms with van der Waals surface area (Å²) in [4.78, 5) is 27.3. The molecule has 2 amide bonds. The van der Waals surface area contributed by atoms with Gasteiger partial charge in [0, 0.05) is 29.8 Å². The van der Waals surface area contributed by atoms with Crippen LogP contribution in [0.15, 0.2) is 95.4 Å². The van der Waals surface area contributed by atoms with E-state index in [1.54, 1.807) is 4.90 Å². The Bertz CT molecular complexity index is 1370. The van der Waals surface area contributed by atoms with Gasteiger partial charge in [0.05, 0.1) is 5.92 Å². The van der Waals surface area contributed by atoms with Gasteiger partial charge in [-0.15, -0.1) is 0 Å². The normalized spacial score (nSPS) is 15.2. The van der Waals surface area contributed by atoms with Crippen LogP contribution in [0.1, 0.15) is 12.0 Å². The van der Waals surface area contributed by atoms with Gasteiger partial charge in [-0.25, -0.2) is 0 Å². The molecule has 0 saturated carbocycles. The van der Waals surface area contributed by atoms with Crippen molar-refractivity contribution in [2.24, 2.45) is 5.92 Å². The van der Waals surface area contributed by atoms with E-state index < -0.39 is 5.92 Å². The summed E-state index contributed by atoms with van der Waals surface area (Å²) < 4.78 is 6.09. The van der Waals surface area contributed by atoms with Gasteiger partial charge in [-0.05, 0) is 17.7 Å². The minimum Gasteiger partial charge on any atom is -0.438 e. The Morgan fingerprint density at radius 3 is 2.12 bits per heavy atom. The predicted octanol–water partition coefficient (Wildman–Crippen LogP) is 5.48. The van der Waals surface area contributed by atoms with Crippen LogP contribution in [0.2, 0.25) is 0 Å². The van der Waals surface area contributed by atoms with Crippen molar-refractivity contribution in [1.29, 1.82) is 5.26 Å². The van der Waals surface area contributed by atoms with E-state index in [1.165, 1.54) is 0 Å². The highest BCUT2D eigenvalue weighted by atomic mass is 16.4. The standard InChI is InChI=1S/C28H21N3O3/c29-17-23-25(19-10-4-1-5-11-19)26(20-12-6-2-7-13-20)34-28(23)30-27(33)21-16-24(32)31(18-21)22-14-8-3-9-15-22/h1-15,21H,16,18H2,(H,30,33)/t21-/m0/s1. The maximum absolute atomic E-state index is 13.1. The molecule has 0 bridgehead atoms. The molecule has 4 aromatic rings. The fourth-order valence-corrected chi connectivity index (χ4v) is 4.25. The van der Waals surface area contributed by atoms with Crippen LogP contribution in [-0.2, 0) is 9.59 Å². The average Bonchev–Trinajstić information content (AvgIpc) is 3.46. The van der Waals surface area contributed by atoms with Crippen molar-refractivity contribution in [3.05, 3.63) is 96.6 Å². The van der Waals surface area contributed by atoms with Gasteiger partial charge in [0.25, 0.3) is 0 Å². The smallest absolute Gasteiger partial charge is 0.232 e. The molecule has 5 rings (SSSR count). The van der Waals surface area contributed by atoms with E-state index in [1.807, 2.05) is 91.0 Å². The zero-order chi connectivity index (χ0) is 23.5. The van der Waals surface area contributed by atoms with Crippen LogP contribution in [0.3, 0.4) is 0 Å².